The summed E-state index contributed by atoms with van der Waals surface area (Å²) in [6.45, 7) is 3.81. The van der Waals surface area contributed by atoms with Crippen molar-refractivity contribution in [2.24, 2.45) is 0 Å². The molecule has 0 unspecified atom stereocenters. The standard InChI is InChI=1S/C17H18N2O5/c1-11(2)24-13-6-4-12(5-7-13)17(20)18-15-9-8-14(23-3)10-16(15)19(21)22/h4-11H,1-3H3,(H,18,20). The van der Waals surface area contributed by atoms with Crippen molar-refractivity contribution in [1.82, 2.24) is 0 Å². The molecule has 0 radical (unpaired) electrons. The lowest BCUT2D eigenvalue weighted by molar-refractivity contribution is -0.384. The number of nitro groups is 1. The summed E-state index contributed by atoms with van der Waals surface area (Å²) in [6.07, 6.45) is 0.0339. The minimum Gasteiger partial charge on any atom is -0.496 e. The van der Waals surface area contributed by atoms with Crippen molar-refractivity contribution in [1.29, 1.82) is 0 Å². The lowest BCUT2D eigenvalue weighted by atomic mass is 10.2. The smallest absolute Gasteiger partial charge is 0.296 e. The molecule has 0 aromatic heterocycles. The van der Waals surface area contributed by atoms with E-state index in [1.165, 1.54) is 19.2 Å². The topological polar surface area (TPSA) is 90.7 Å². The quantitative estimate of drug-likeness (QED) is 0.645. The van der Waals surface area contributed by atoms with Crippen LogP contribution >= 0.6 is 0 Å². The van der Waals surface area contributed by atoms with Gasteiger partial charge >= 0.3 is 0 Å². The maximum absolute atomic E-state index is 12.3. The molecule has 0 bridgehead atoms. The van der Waals surface area contributed by atoms with E-state index in [1.807, 2.05) is 13.8 Å². The molecule has 1 N–H and O–H groups in total. The second-order valence-corrected chi connectivity index (χ2v) is 5.29. The van der Waals surface area contributed by atoms with Crippen molar-refractivity contribution in [2.45, 2.75) is 20.0 Å². The second kappa shape index (κ2) is 7.45. The third-order valence-electron chi connectivity index (χ3n) is 3.14. The molecule has 0 aliphatic carbocycles. The number of benzene rings is 2. The first-order valence-corrected chi connectivity index (χ1v) is 7.31. The Bertz CT molecular complexity index is 741. The van der Waals surface area contributed by atoms with Crippen LogP contribution in [0.2, 0.25) is 0 Å². The zero-order valence-corrected chi connectivity index (χ0v) is 13.6. The van der Waals surface area contributed by atoms with Crippen LogP contribution in [0.25, 0.3) is 0 Å². The number of carbonyl (C=O) groups excluding carboxylic acids is 1. The number of nitrogens with one attached hydrogen (secondary N) is 1. The van der Waals surface area contributed by atoms with E-state index in [1.54, 1.807) is 30.3 Å². The number of hydrogen-bond acceptors (Lipinski definition) is 5. The van der Waals surface area contributed by atoms with Crippen LogP contribution < -0.4 is 14.8 Å². The van der Waals surface area contributed by atoms with E-state index in [0.717, 1.165) is 0 Å². The maximum atomic E-state index is 12.3. The molecule has 7 heteroatoms. The Hall–Kier alpha value is -3.09. The molecule has 0 aliphatic heterocycles. The average molecular weight is 330 g/mol. The molecule has 2 aromatic carbocycles. The van der Waals surface area contributed by atoms with Gasteiger partial charge in [0.25, 0.3) is 11.6 Å². The van der Waals surface area contributed by atoms with E-state index in [0.29, 0.717) is 17.1 Å². The normalized spacial score (nSPS) is 10.3. The molecular weight excluding hydrogens is 312 g/mol. The third kappa shape index (κ3) is 4.22. The summed E-state index contributed by atoms with van der Waals surface area (Å²) in [5.41, 5.74) is 0.243. The van der Waals surface area contributed by atoms with Gasteiger partial charge in [-0.15, -0.1) is 0 Å². The molecule has 0 saturated heterocycles. The van der Waals surface area contributed by atoms with Crippen LogP contribution in [0.1, 0.15) is 24.2 Å². The predicted molar refractivity (Wildman–Crippen MR) is 89.8 cm³/mol. The number of anilines is 1. The van der Waals surface area contributed by atoms with Gasteiger partial charge in [-0.25, -0.2) is 0 Å². The minimum atomic E-state index is -0.572. The molecule has 7 nitrogen and oxygen atoms in total. The Morgan fingerprint density at radius 1 is 1.12 bits per heavy atom. The summed E-state index contributed by atoms with van der Waals surface area (Å²) in [5, 5.41) is 13.7. The van der Waals surface area contributed by atoms with Crippen LogP contribution in [-0.2, 0) is 0 Å². The Labute approximate surface area is 139 Å². The van der Waals surface area contributed by atoms with E-state index in [-0.39, 0.29) is 17.5 Å². The number of rotatable bonds is 6. The molecule has 0 atom stereocenters. The summed E-state index contributed by atoms with van der Waals surface area (Å²) in [5.74, 6) is 0.547. The first-order chi connectivity index (χ1) is 11.4. The monoisotopic (exact) mass is 330 g/mol. The van der Waals surface area contributed by atoms with Gasteiger partial charge in [0.15, 0.2) is 0 Å². The molecule has 2 rings (SSSR count). The number of nitro benzene ring substituents is 1. The van der Waals surface area contributed by atoms with Crippen LogP contribution in [0.5, 0.6) is 11.5 Å². The molecular formula is C17H18N2O5. The van der Waals surface area contributed by atoms with Crippen molar-refractivity contribution in [2.75, 3.05) is 12.4 Å². The van der Waals surface area contributed by atoms with Crippen LogP contribution in [0.15, 0.2) is 42.5 Å². The largest absolute Gasteiger partial charge is 0.496 e. The van der Waals surface area contributed by atoms with Crippen LogP contribution in [0.4, 0.5) is 11.4 Å². The van der Waals surface area contributed by atoms with Crippen molar-refractivity contribution >= 4 is 17.3 Å². The number of methoxy groups -OCH3 is 1. The molecule has 126 valence electrons. The summed E-state index contributed by atoms with van der Waals surface area (Å²) in [6, 6.07) is 10.8. The van der Waals surface area contributed by atoms with Gasteiger partial charge in [-0.3, -0.25) is 14.9 Å². The Morgan fingerprint density at radius 3 is 2.29 bits per heavy atom. The van der Waals surface area contributed by atoms with Gasteiger partial charge in [-0.05, 0) is 50.2 Å². The van der Waals surface area contributed by atoms with Crippen molar-refractivity contribution in [3.8, 4) is 11.5 Å². The highest BCUT2D eigenvalue weighted by Crippen LogP contribution is 2.29. The molecule has 1 amide bonds. The van der Waals surface area contributed by atoms with E-state index in [4.69, 9.17) is 9.47 Å². The number of carbonyl (C=O) groups is 1. The second-order valence-electron chi connectivity index (χ2n) is 5.29. The molecule has 0 saturated carbocycles. The van der Waals surface area contributed by atoms with Gasteiger partial charge in [-0.1, -0.05) is 0 Å². The highest BCUT2D eigenvalue weighted by atomic mass is 16.6. The summed E-state index contributed by atoms with van der Waals surface area (Å²) in [7, 11) is 1.41. The van der Waals surface area contributed by atoms with Crippen molar-refractivity contribution in [3.05, 3.63) is 58.1 Å². The Kier molecular flexibility index (Phi) is 5.36. The van der Waals surface area contributed by atoms with Gasteiger partial charge in [-0.2, -0.15) is 0 Å². The molecule has 2 aromatic rings. The molecule has 0 aliphatic rings. The predicted octanol–water partition coefficient (Wildman–Crippen LogP) is 3.64. The van der Waals surface area contributed by atoms with Gasteiger partial charge in [0.05, 0.1) is 24.2 Å². The fourth-order valence-electron chi connectivity index (χ4n) is 2.05. The van der Waals surface area contributed by atoms with Gasteiger partial charge in [0.2, 0.25) is 0 Å². The van der Waals surface area contributed by atoms with Crippen LogP contribution in [-0.4, -0.2) is 24.0 Å². The van der Waals surface area contributed by atoms with Gasteiger partial charge in [0.1, 0.15) is 17.2 Å². The summed E-state index contributed by atoms with van der Waals surface area (Å²) < 4.78 is 10.5. The highest BCUT2D eigenvalue weighted by Gasteiger charge is 2.18. The fraction of sp³-hybridized carbons (Fsp3) is 0.235. The third-order valence-corrected chi connectivity index (χ3v) is 3.14. The first-order valence-electron chi connectivity index (χ1n) is 7.31. The highest BCUT2D eigenvalue weighted by molar-refractivity contribution is 6.05. The summed E-state index contributed by atoms with van der Waals surface area (Å²) >= 11 is 0. The molecule has 0 spiro atoms. The van der Waals surface area contributed by atoms with E-state index < -0.39 is 10.8 Å². The number of ether oxygens (including phenoxy) is 2. The molecule has 0 heterocycles. The van der Waals surface area contributed by atoms with Crippen LogP contribution in [0, 0.1) is 10.1 Å². The first kappa shape index (κ1) is 17.3. The minimum absolute atomic E-state index is 0.0339. The molecule has 24 heavy (non-hydrogen) atoms. The number of nitrogens with zero attached hydrogens (tertiary/aromatic N) is 1. The number of hydrogen-bond donors (Lipinski definition) is 1. The van der Waals surface area contributed by atoms with E-state index in [2.05, 4.69) is 5.32 Å². The van der Waals surface area contributed by atoms with Crippen molar-refractivity contribution in [3.63, 3.8) is 0 Å². The Balaban J connectivity index is 2.19. The summed E-state index contributed by atoms with van der Waals surface area (Å²) in [4.78, 5) is 22.8. The van der Waals surface area contributed by atoms with Gasteiger partial charge < -0.3 is 14.8 Å². The SMILES string of the molecule is COc1ccc(NC(=O)c2ccc(OC(C)C)cc2)c([N+](=O)[O-])c1. The number of amides is 1. The molecule has 0 fully saturated rings. The van der Waals surface area contributed by atoms with E-state index in [9.17, 15) is 14.9 Å². The zero-order valence-electron chi connectivity index (χ0n) is 13.6. The Morgan fingerprint density at radius 2 is 1.75 bits per heavy atom. The van der Waals surface area contributed by atoms with E-state index >= 15 is 0 Å². The zero-order chi connectivity index (χ0) is 17.7. The van der Waals surface area contributed by atoms with Crippen molar-refractivity contribution < 1.29 is 19.2 Å². The maximum Gasteiger partial charge on any atom is 0.296 e. The van der Waals surface area contributed by atoms with Gasteiger partial charge in [0, 0.05) is 5.56 Å². The lowest BCUT2D eigenvalue weighted by Gasteiger charge is -2.10. The average Bonchev–Trinajstić information content (AvgIpc) is 2.55. The fourth-order valence-corrected chi connectivity index (χ4v) is 2.05. The lowest BCUT2D eigenvalue weighted by Crippen LogP contribution is -2.13. The van der Waals surface area contributed by atoms with Crippen LogP contribution in [0.3, 0.4) is 0 Å².